The van der Waals surface area contributed by atoms with Crippen LogP contribution in [0.3, 0.4) is 0 Å². The minimum atomic E-state index is 0.329. The number of aryl methyl sites for hydroxylation is 1. The lowest BCUT2D eigenvalue weighted by atomic mass is 10.2. The van der Waals surface area contributed by atoms with Crippen LogP contribution in [0.1, 0.15) is 26.3 Å². The van der Waals surface area contributed by atoms with Crippen LogP contribution >= 0.6 is 0 Å². The van der Waals surface area contributed by atoms with E-state index in [0.717, 1.165) is 0 Å². The van der Waals surface area contributed by atoms with E-state index in [9.17, 15) is 0 Å². The Bertz CT molecular complexity index is 178. The van der Waals surface area contributed by atoms with Crippen LogP contribution in [-0.2, 0) is 0 Å². The van der Waals surface area contributed by atoms with Crippen LogP contribution < -0.4 is 0 Å². The molecule has 0 aromatic heterocycles. The third kappa shape index (κ3) is 10.8. The van der Waals surface area contributed by atoms with Crippen molar-refractivity contribution in [1.82, 2.24) is 0 Å². The molecule has 13 heavy (non-hydrogen) atoms. The molecule has 0 fully saturated rings. The third-order valence-corrected chi connectivity index (χ3v) is 1.03. The van der Waals surface area contributed by atoms with Gasteiger partial charge in [0.05, 0.1) is 0 Å². The highest BCUT2D eigenvalue weighted by Crippen LogP contribution is 2.07. The normalized spacial score (nSPS) is 7.08. The zero-order valence-corrected chi connectivity index (χ0v) is 9.04. The van der Waals surface area contributed by atoms with Gasteiger partial charge in [0.25, 0.3) is 0 Å². The van der Waals surface area contributed by atoms with E-state index in [-0.39, 0.29) is 0 Å². The van der Waals surface area contributed by atoms with Gasteiger partial charge in [-0.05, 0) is 26.0 Å². The molecule has 0 aliphatic heterocycles. The molecule has 0 saturated heterocycles. The van der Waals surface area contributed by atoms with E-state index in [1.54, 1.807) is 18.2 Å². The second-order valence-electron chi connectivity index (χ2n) is 2.24. The van der Waals surface area contributed by atoms with Gasteiger partial charge in [0.2, 0.25) is 0 Å². The predicted octanol–water partition coefficient (Wildman–Crippen LogP) is 3.92. The Labute approximate surface area is 81.7 Å². The molecular weight excluding hydrogens is 160 g/mol. The summed E-state index contributed by atoms with van der Waals surface area (Å²) in [4.78, 5) is 0. The standard InChI is InChI=1S/C7H8O.C3H6.C2H6/c1-6-2-4-7(8)5-3-6;1-3-2;1-2/h2-5,8H,1H3;3H,1H2,2H3;1-2H3. The van der Waals surface area contributed by atoms with Gasteiger partial charge in [0.1, 0.15) is 5.75 Å². The van der Waals surface area contributed by atoms with Gasteiger partial charge in [-0.25, -0.2) is 0 Å². The van der Waals surface area contributed by atoms with E-state index in [4.69, 9.17) is 5.11 Å². The fourth-order valence-corrected chi connectivity index (χ4v) is 0.545. The number of aromatic hydroxyl groups is 1. The molecule has 0 atom stereocenters. The first kappa shape index (κ1) is 14.3. The van der Waals surface area contributed by atoms with Gasteiger partial charge >= 0.3 is 0 Å². The Morgan fingerprint density at radius 1 is 1.15 bits per heavy atom. The Balaban J connectivity index is 0. The highest BCUT2D eigenvalue weighted by Gasteiger charge is 1.82. The second kappa shape index (κ2) is 10.8. The molecule has 1 N–H and O–H groups in total. The molecule has 0 heterocycles. The smallest absolute Gasteiger partial charge is 0.115 e. The Morgan fingerprint density at radius 3 is 1.69 bits per heavy atom. The molecule has 0 unspecified atom stereocenters. The summed E-state index contributed by atoms with van der Waals surface area (Å²) in [7, 11) is 0. The third-order valence-electron chi connectivity index (χ3n) is 1.03. The molecule has 1 aromatic carbocycles. The minimum absolute atomic E-state index is 0.329. The largest absolute Gasteiger partial charge is 0.508 e. The van der Waals surface area contributed by atoms with E-state index in [2.05, 4.69) is 6.58 Å². The van der Waals surface area contributed by atoms with Crippen LogP contribution in [-0.4, -0.2) is 5.11 Å². The first-order valence-corrected chi connectivity index (χ1v) is 4.53. The van der Waals surface area contributed by atoms with Crippen LogP contribution in [0.2, 0.25) is 0 Å². The van der Waals surface area contributed by atoms with Crippen LogP contribution in [0, 0.1) is 6.92 Å². The van der Waals surface area contributed by atoms with Crippen molar-refractivity contribution in [2.45, 2.75) is 27.7 Å². The molecule has 0 aliphatic rings. The first-order chi connectivity index (χ1) is 6.20. The second-order valence-corrected chi connectivity index (χ2v) is 2.24. The number of rotatable bonds is 0. The highest BCUT2D eigenvalue weighted by atomic mass is 16.3. The van der Waals surface area contributed by atoms with Crippen molar-refractivity contribution in [2.75, 3.05) is 0 Å². The monoisotopic (exact) mass is 180 g/mol. The average molecular weight is 180 g/mol. The number of hydrogen-bond acceptors (Lipinski definition) is 1. The van der Waals surface area contributed by atoms with Crippen molar-refractivity contribution < 1.29 is 5.11 Å². The molecule has 0 radical (unpaired) electrons. The van der Waals surface area contributed by atoms with Crippen LogP contribution in [0.15, 0.2) is 36.9 Å². The fourth-order valence-electron chi connectivity index (χ4n) is 0.545. The lowest BCUT2D eigenvalue weighted by Crippen LogP contribution is -1.66. The van der Waals surface area contributed by atoms with Gasteiger partial charge in [-0.15, -0.1) is 6.58 Å². The van der Waals surface area contributed by atoms with Gasteiger partial charge in [-0.3, -0.25) is 0 Å². The van der Waals surface area contributed by atoms with E-state index in [1.165, 1.54) is 5.56 Å². The highest BCUT2D eigenvalue weighted by molar-refractivity contribution is 5.24. The van der Waals surface area contributed by atoms with Gasteiger partial charge in [0.15, 0.2) is 0 Å². The molecule has 0 amide bonds. The van der Waals surface area contributed by atoms with Crippen molar-refractivity contribution in [3.05, 3.63) is 42.5 Å². The number of hydrogen-bond donors (Lipinski definition) is 1. The first-order valence-electron chi connectivity index (χ1n) is 4.53. The maximum atomic E-state index is 8.76. The lowest BCUT2D eigenvalue weighted by molar-refractivity contribution is 0.475. The molecular formula is C12H20O. The zero-order chi connectivity index (χ0) is 10.7. The summed E-state index contributed by atoms with van der Waals surface area (Å²) >= 11 is 0. The molecule has 1 nitrogen and oxygen atoms in total. The SMILES string of the molecule is C=CC.CC.Cc1ccc(O)cc1. The van der Waals surface area contributed by atoms with Gasteiger partial charge in [0, 0.05) is 0 Å². The van der Waals surface area contributed by atoms with E-state index in [0.29, 0.717) is 5.75 Å². The number of phenolic OH excluding ortho intramolecular Hbond substituents is 1. The quantitative estimate of drug-likeness (QED) is 0.600. The maximum absolute atomic E-state index is 8.76. The predicted molar refractivity (Wildman–Crippen MR) is 60.1 cm³/mol. The summed E-state index contributed by atoms with van der Waals surface area (Å²) in [6.45, 7) is 11.2. The summed E-state index contributed by atoms with van der Waals surface area (Å²) in [5.41, 5.74) is 1.17. The number of benzene rings is 1. The van der Waals surface area contributed by atoms with Crippen LogP contribution in [0.4, 0.5) is 0 Å². The van der Waals surface area contributed by atoms with Crippen molar-refractivity contribution >= 4 is 0 Å². The molecule has 0 bridgehead atoms. The molecule has 1 heteroatoms. The lowest BCUT2D eigenvalue weighted by Gasteiger charge is -1.89. The van der Waals surface area contributed by atoms with Crippen molar-refractivity contribution in [3.63, 3.8) is 0 Å². The molecule has 0 aliphatic carbocycles. The molecule has 0 spiro atoms. The summed E-state index contributed by atoms with van der Waals surface area (Å²) in [6, 6.07) is 7.09. The molecule has 1 rings (SSSR count). The number of phenols is 1. The van der Waals surface area contributed by atoms with E-state index < -0.39 is 0 Å². The Morgan fingerprint density at radius 2 is 1.46 bits per heavy atom. The van der Waals surface area contributed by atoms with Gasteiger partial charge in [-0.2, -0.15) is 0 Å². The Hall–Kier alpha value is -1.24. The van der Waals surface area contributed by atoms with Crippen LogP contribution in [0.5, 0.6) is 5.75 Å². The molecule has 0 saturated carbocycles. The van der Waals surface area contributed by atoms with E-state index in [1.807, 2.05) is 39.8 Å². The Kier molecular flexibility index (Phi) is 11.8. The van der Waals surface area contributed by atoms with Gasteiger partial charge < -0.3 is 5.11 Å². The van der Waals surface area contributed by atoms with Crippen molar-refractivity contribution in [1.29, 1.82) is 0 Å². The maximum Gasteiger partial charge on any atom is 0.115 e. The molecule has 1 aromatic rings. The van der Waals surface area contributed by atoms with E-state index >= 15 is 0 Å². The van der Waals surface area contributed by atoms with Crippen molar-refractivity contribution in [3.8, 4) is 5.75 Å². The zero-order valence-electron chi connectivity index (χ0n) is 9.04. The topological polar surface area (TPSA) is 20.2 Å². The molecule has 74 valence electrons. The summed E-state index contributed by atoms with van der Waals surface area (Å²) in [5, 5.41) is 8.76. The summed E-state index contributed by atoms with van der Waals surface area (Å²) in [6.07, 6.45) is 1.75. The summed E-state index contributed by atoms with van der Waals surface area (Å²) < 4.78 is 0. The summed E-state index contributed by atoms with van der Waals surface area (Å²) in [5.74, 6) is 0.329. The minimum Gasteiger partial charge on any atom is -0.508 e. The average Bonchev–Trinajstić information content (AvgIpc) is 2.15. The number of allylic oxidation sites excluding steroid dienone is 1. The van der Waals surface area contributed by atoms with Crippen molar-refractivity contribution in [2.24, 2.45) is 0 Å². The van der Waals surface area contributed by atoms with Crippen LogP contribution in [0.25, 0.3) is 0 Å². The fraction of sp³-hybridized carbons (Fsp3) is 0.333. The van der Waals surface area contributed by atoms with Gasteiger partial charge in [-0.1, -0.05) is 37.6 Å².